The van der Waals surface area contributed by atoms with Crippen molar-refractivity contribution in [2.24, 2.45) is 0 Å². The van der Waals surface area contributed by atoms with Crippen molar-refractivity contribution in [2.45, 2.75) is 0 Å². The number of rotatable bonds is 4. The summed E-state index contributed by atoms with van der Waals surface area (Å²) in [5, 5.41) is 0. The Hall–Kier alpha value is -1.94. The normalized spacial score (nSPS) is 10.6. The zero-order chi connectivity index (χ0) is 13.7. The highest BCUT2D eigenvalue weighted by molar-refractivity contribution is 9.10. The molecule has 0 radical (unpaired) electrons. The van der Waals surface area contributed by atoms with E-state index in [9.17, 15) is 4.79 Å². The van der Waals surface area contributed by atoms with Gasteiger partial charge in [0.05, 0.1) is 11.6 Å². The van der Waals surface area contributed by atoms with Crippen molar-refractivity contribution in [3.8, 4) is 5.75 Å². The molecule has 0 fully saturated rings. The Bertz CT molecular complexity index is 609. The predicted molar refractivity (Wildman–Crippen MR) is 78.3 cm³/mol. The molecule has 0 amide bonds. The van der Waals surface area contributed by atoms with Crippen molar-refractivity contribution < 1.29 is 9.53 Å². The van der Waals surface area contributed by atoms with Gasteiger partial charge in [-0.2, -0.15) is 0 Å². The average molecular weight is 318 g/mol. The number of pyridine rings is 1. The average Bonchev–Trinajstić information content (AvgIpc) is 2.46. The monoisotopic (exact) mass is 317 g/mol. The Kier molecular flexibility index (Phi) is 4.47. The molecule has 19 heavy (non-hydrogen) atoms. The molecule has 2 rings (SSSR count). The molecule has 0 N–H and O–H groups in total. The van der Waals surface area contributed by atoms with E-state index in [4.69, 9.17) is 4.74 Å². The van der Waals surface area contributed by atoms with Crippen molar-refractivity contribution in [3.63, 3.8) is 0 Å². The molecule has 0 atom stereocenters. The molecule has 0 aliphatic carbocycles. The van der Waals surface area contributed by atoms with Crippen LogP contribution in [-0.2, 0) is 0 Å². The number of hydrogen-bond acceptors (Lipinski definition) is 3. The maximum atomic E-state index is 11.8. The zero-order valence-electron chi connectivity index (χ0n) is 10.3. The number of allylic oxidation sites excluding steroid dienone is 1. The van der Waals surface area contributed by atoms with Crippen LogP contribution in [0, 0.1) is 0 Å². The molecule has 1 aromatic heterocycles. The van der Waals surface area contributed by atoms with Crippen molar-refractivity contribution in [1.82, 2.24) is 4.98 Å². The number of ether oxygens (including phenoxy) is 1. The molecule has 1 heterocycles. The SMILES string of the molecule is COc1ccc(C=CC(=O)c2ccccn2)cc1Br. The van der Waals surface area contributed by atoms with E-state index in [1.54, 1.807) is 37.6 Å². The number of hydrogen-bond donors (Lipinski definition) is 0. The maximum Gasteiger partial charge on any atom is 0.204 e. The van der Waals surface area contributed by atoms with E-state index in [1.807, 2.05) is 18.2 Å². The molecule has 3 nitrogen and oxygen atoms in total. The molecule has 0 aliphatic heterocycles. The van der Waals surface area contributed by atoms with Crippen LogP contribution in [0.3, 0.4) is 0 Å². The van der Waals surface area contributed by atoms with Gasteiger partial charge in [-0.05, 0) is 51.8 Å². The molecule has 2 aromatic rings. The van der Waals surface area contributed by atoms with Crippen molar-refractivity contribution in [2.75, 3.05) is 7.11 Å². The summed E-state index contributed by atoms with van der Waals surface area (Å²) in [4.78, 5) is 15.8. The van der Waals surface area contributed by atoms with Gasteiger partial charge in [-0.15, -0.1) is 0 Å². The Morgan fingerprint density at radius 1 is 1.32 bits per heavy atom. The van der Waals surface area contributed by atoms with Gasteiger partial charge in [-0.1, -0.05) is 18.2 Å². The topological polar surface area (TPSA) is 39.2 Å². The third-order valence-electron chi connectivity index (χ3n) is 2.52. The molecule has 96 valence electrons. The summed E-state index contributed by atoms with van der Waals surface area (Å²) >= 11 is 3.40. The van der Waals surface area contributed by atoms with E-state index >= 15 is 0 Å². The van der Waals surface area contributed by atoms with Gasteiger partial charge in [0, 0.05) is 6.20 Å². The van der Waals surface area contributed by atoms with Crippen molar-refractivity contribution in [3.05, 3.63) is 64.4 Å². The van der Waals surface area contributed by atoms with E-state index in [1.165, 1.54) is 6.08 Å². The maximum absolute atomic E-state index is 11.8. The van der Waals surface area contributed by atoms with Crippen LogP contribution in [0.25, 0.3) is 6.08 Å². The second kappa shape index (κ2) is 6.29. The lowest BCUT2D eigenvalue weighted by molar-refractivity contribution is 0.104. The lowest BCUT2D eigenvalue weighted by atomic mass is 10.1. The van der Waals surface area contributed by atoms with Gasteiger partial charge in [0.2, 0.25) is 5.78 Å². The standard InChI is InChI=1S/C15H12BrNO2/c1-19-15-8-6-11(10-12(15)16)5-7-14(18)13-4-2-3-9-17-13/h2-10H,1H3. The molecule has 4 heteroatoms. The van der Waals surface area contributed by atoms with Crippen LogP contribution in [0.1, 0.15) is 16.1 Å². The highest BCUT2D eigenvalue weighted by Crippen LogP contribution is 2.25. The third-order valence-corrected chi connectivity index (χ3v) is 3.14. The van der Waals surface area contributed by atoms with Gasteiger partial charge in [0.15, 0.2) is 0 Å². The Labute approximate surface area is 120 Å². The first kappa shape index (κ1) is 13.5. The number of carbonyl (C=O) groups is 1. The fourth-order valence-corrected chi connectivity index (χ4v) is 2.11. The fraction of sp³-hybridized carbons (Fsp3) is 0.0667. The van der Waals surface area contributed by atoms with Gasteiger partial charge < -0.3 is 4.74 Å². The summed E-state index contributed by atoms with van der Waals surface area (Å²) in [7, 11) is 1.61. The second-order valence-electron chi connectivity index (χ2n) is 3.81. The molecular formula is C15H12BrNO2. The summed E-state index contributed by atoms with van der Waals surface area (Å²) < 4.78 is 6.00. The van der Waals surface area contributed by atoms with Gasteiger partial charge in [0.1, 0.15) is 11.4 Å². The molecule has 0 saturated heterocycles. The quantitative estimate of drug-likeness (QED) is 0.637. The number of benzene rings is 1. The van der Waals surface area contributed by atoms with Crippen LogP contribution in [-0.4, -0.2) is 17.9 Å². The summed E-state index contributed by atoms with van der Waals surface area (Å²) in [5.41, 5.74) is 1.35. The first-order valence-corrected chi connectivity index (χ1v) is 6.47. The van der Waals surface area contributed by atoms with Crippen molar-refractivity contribution >= 4 is 27.8 Å². The van der Waals surface area contributed by atoms with Crippen molar-refractivity contribution in [1.29, 1.82) is 0 Å². The van der Waals surface area contributed by atoms with Crippen LogP contribution in [0.2, 0.25) is 0 Å². The number of ketones is 1. The zero-order valence-corrected chi connectivity index (χ0v) is 11.9. The highest BCUT2D eigenvalue weighted by Gasteiger charge is 2.02. The van der Waals surface area contributed by atoms with E-state index in [0.717, 1.165) is 15.8 Å². The van der Waals surface area contributed by atoms with Crippen LogP contribution in [0.4, 0.5) is 0 Å². The Morgan fingerprint density at radius 3 is 2.79 bits per heavy atom. The molecule has 0 bridgehead atoms. The fourth-order valence-electron chi connectivity index (χ4n) is 1.55. The smallest absolute Gasteiger partial charge is 0.204 e. The Balaban J connectivity index is 2.15. The van der Waals surface area contributed by atoms with E-state index in [2.05, 4.69) is 20.9 Å². The number of nitrogens with zero attached hydrogens (tertiary/aromatic N) is 1. The minimum atomic E-state index is -0.118. The molecule has 0 saturated carbocycles. The summed E-state index contributed by atoms with van der Waals surface area (Å²) in [6.45, 7) is 0. The van der Waals surface area contributed by atoms with E-state index in [0.29, 0.717) is 5.69 Å². The number of halogens is 1. The van der Waals surface area contributed by atoms with Gasteiger partial charge in [-0.25, -0.2) is 0 Å². The Morgan fingerprint density at radius 2 is 2.16 bits per heavy atom. The third kappa shape index (κ3) is 3.51. The van der Waals surface area contributed by atoms with Crippen LogP contribution >= 0.6 is 15.9 Å². The van der Waals surface area contributed by atoms with Gasteiger partial charge >= 0.3 is 0 Å². The first-order chi connectivity index (χ1) is 9.20. The largest absolute Gasteiger partial charge is 0.496 e. The lowest BCUT2D eigenvalue weighted by Gasteiger charge is -2.03. The molecule has 0 spiro atoms. The van der Waals surface area contributed by atoms with Crippen LogP contribution in [0.5, 0.6) is 5.75 Å². The first-order valence-electron chi connectivity index (χ1n) is 5.67. The minimum absolute atomic E-state index is 0.118. The van der Waals surface area contributed by atoms with Crippen LogP contribution in [0.15, 0.2) is 53.1 Å². The molecule has 1 aromatic carbocycles. The molecular weight excluding hydrogens is 306 g/mol. The molecule has 0 aliphatic rings. The molecule has 0 unspecified atom stereocenters. The number of methoxy groups -OCH3 is 1. The van der Waals surface area contributed by atoms with Gasteiger partial charge in [-0.3, -0.25) is 9.78 Å². The minimum Gasteiger partial charge on any atom is -0.496 e. The summed E-state index contributed by atoms with van der Waals surface area (Å²) in [6.07, 6.45) is 4.86. The number of carbonyl (C=O) groups excluding carboxylic acids is 1. The second-order valence-corrected chi connectivity index (χ2v) is 4.66. The van der Waals surface area contributed by atoms with Gasteiger partial charge in [0.25, 0.3) is 0 Å². The lowest BCUT2D eigenvalue weighted by Crippen LogP contribution is -1.96. The van der Waals surface area contributed by atoms with Crippen LogP contribution < -0.4 is 4.74 Å². The summed E-state index contributed by atoms with van der Waals surface area (Å²) in [6, 6.07) is 10.9. The van der Waals surface area contributed by atoms with E-state index < -0.39 is 0 Å². The van der Waals surface area contributed by atoms with E-state index in [-0.39, 0.29) is 5.78 Å². The number of aromatic nitrogens is 1. The summed E-state index contributed by atoms with van der Waals surface area (Å²) in [5.74, 6) is 0.640. The predicted octanol–water partition coefficient (Wildman–Crippen LogP) is 3.75. The highest BCUT2D eigenvalue weighted by atomic mass is 79.9.